The number of benzene rings is 2. The maximum atomic E-state index is 13.1. The van der Waals surface area contributed by atoms with Crippen LogP contribution in [0.3, 0.4) is 0 Å². The lowest BCUT2D eigenvalue weighted by molar-refractivity contribution is -0.117. The molecular weight excluding hydrogens is 366 g/mol. The number of rotatable bonds is 7. The third-order valence-electron chi connectivity index (χ3n) is 4.83. The first-order valence-electron chi connectivity index (χ1n) is 9.67. The van der Waals surface area contributed by atoms with Crippen molar-refractivity contribution in [1.29, 1.82) is 0 Å². The summed E-state index contributed by atoms with van der Waals surface area (Å²) in [6.45, 7) is 5.61. The molecular formula is C23H25N3O3. The first-order valence-corrected chi connectivity index (χ1v) is 9.67. The second kappa shape index (κ2) is 9.19. The molecule has 0 spiro atoms. The Morgan fingerprint density at radius 2 is 1.72 bits per heavy atom. The van der Waals surface area contributed by atoms with E-state index in [1.54, 1.807) is 30.0 Å². The smallest absolute Gasteiger partial charge is 0.254 e. The fourth-order valence-electron chi connectivity index (χ4n) is 3.01. The summed E-state index contributed by atoms with van der Waals surface area (Å²) in [7, 11) is 0. The number of nitrogens with one attached hydrogen (secondary N) is 1. The van der Waals surface area contributed by atoms with E-state index in [4.69, 9.17) is 4.52 Å². The average Bonchev–Trinajstić information content (AvgIpc) is 3.16. The van der Waals surface area contributed by atoms with Gasteiger partial charge in [0.1, 0.15) is 12.3 Å². The second-order valence-corrected chi connectivity index (χ2v) is 7.00. The third-order valence-corrected chi connectivity index (χ3v) is 4.83. The van der Waals surface area contributed by atoms with Crippen LogP contribution in [0.1, 0.15) is 36.4 Å². The van der Waals surface area contributed by atoms with Gasteiger partial charge in [0, 0.05) is 17.7 Å². The minimum absolute atomic E-state index is 0.0554. The van der Waals surface area contributed by atoms with Crippen molar-refractivity contribution in [3.8, 4) is 11.1 Å². The maximum absolute atomic E-state index is 13.1. The largest absolute Gasteiger partial charge is 0.360 e. The van der Waals surface area contributed by atoms with Crippen molar-refractivity contribution < 1.29 is 14.1 Å². The van der Waals surface area contributed by atoms with Crippen LogP contribution in [0.5, 0.6) is 0 Å². The Labute approximate surface area is 170 Å². The SMILES string of the molecule is CCC(C)N(CC(=O)Nc1cc(C)on1)C(=O)c1ccc(-c2ccccc2)cc1. The highest BCUT2D eigenvalue weighted by Crippen LogP contribution is 2.20. The van der Waals surface area contributed by atoms with Crippen LogP contribution in [0.25, 0.3) is 11.1 Å². The minimum Gasteiger partial charge on any atom is -0.360 e. The van der Waals surface area contributed by atoms with Gasteiger partial charge in [-0.15, -0.1) is 0 Å². The molecule has 0 aliphatic heterocycles. The van der Waals surface area contributed by atoms with Crippen LogP contribution in [0.2, 0.25) is 0 Å². The lowest BCUT2D eigenvalue weighted by Crippen LogP contribution is -2.43. The van der Waals surface area contributed by atoms with E-state index in [0.717, 1.165) is 17.5 Å². The lowest BCUT2D eigenvalue weighted by Gasteiger charge is -2.28. The molecule has 2 amide bonds. The molecule has 1 atom stereocenters. The van der Waals surface area contributed by atoms with Gasteiger partial charge >= 0.3 is 0 Å². The highest BCUT2D eigenvalue weighted by Gasteiger charge is 2.23. The Hall–Kier alpha value is -3.41. The number of amides is 2. The lowest BCUT2D eigenvalue weighted by atomic mass is 10.0. The fraction of sp³-hybridized carbons (Fsp3) is 0.261. The Morgan fingerprint density at radius 1 is 1.07 bits per heavy atom. The standard InChI is InChI=1S/C23H25N3O3/c1-4-16(2)26(15-22(27)24-21-14-17(3)29-25-21)23(28)20-12-10-19(11-13-20)18-8-6-5-7-9-18/h5-14,16H,4,15H2,1-3H3,(H,24,25,27). The van der Waals surface area contributed by atoms with E-state index in [1.807, 2.05) is 56.3 Å². The first kappa shape index (κ1) is 20.3. The molecule has 150 valence electrons. The molecule has 29 heavy (non-hydrogen) atoms. The topological polar surface area (TPSA) is 75.4 Å². The quantitative estimate of drug-likeness (QED) is 0.642. The van der Waals surface area contributed by atoms with Crippen molar-refractivity contribution in [2.75, 3.05) is 11.9 Å². The number of hydrogen-bond donors (Lipinski definition) is 1. The van der Waals surface area contributed by atoms with Gasteiger partial charge < -0.3 is 14.7 Å². The molecule has 0 saturated heterocycles. The fourth-order valence-corrected chi connectivity index (χ4v) is 3.01. The number of hydrogen-bond acceptors (Lipinski definition) is 4. The van der Waals surface area contributed by atoms with Crippen molar-refractivity contribution in [2.45, 2.75) is 33.2 Å². The Balaban J connectivity index is 1.74. The number of aromatic nitrogens is 1. The van der Waals surface area contributed by atoms with Crippen LogP contribution in [0, 0.1) is 6.92 Å². The molecule has 6 nitrogen and oxygen atoms in total. The van der Waals surface area contributed by atoms with Crippen LogP contribution in [0.15, 0.2) is 65.2 Å². The molecule has 3 rings (SSSR count). The molecule has 1 N–H and O–H groups in total. The average molecular weight is 391 g/mol. The van der Waals surface area contributed by atoms with E-state index in [-0.39, 0.29) is 24.4 Å². The zero-order chi connectivity index (χ0) is 20.8. The van der Waals surface area contributed by atoms with Gasteiger partial charge in [-0.05, 0) is 43.5 Å². The number of nitrogens with zero attached hydrogens (tertiary/aromatic N) is 2. The van der Waals surface area contributed by atoms with Crippen LogP contribution < -0.4 is 5.32 Å². The zero-order valence-electron chi connectivity index (χ0n) is 16.9. The molecule has 0 radical (unpaired) electrons. The van der Waals surface area contributed by atoms with Crippen LogP contribution in [0.4, 0.5) is 5.82 Å². The van der Waals surface area contributed by atoms with Crippen LogP contribution >= 0.6 is 0 Å². The molecule has 0 bridgehead atoms. The Kier molecular flexibility index (Phi) is 6.44. The Morgan fingerprint density at radius 3 is 2.31 bits per heavy atom. The van der Waals surface area contributed by atoms with Crippen molar-refractivity contribution in [3.05, 3.63) is 72.0 Å². The van der Waals surface area contributed by atoms with E-state index < -0.39 is 0 Å². The van der Waals surface area contributed by atoms with Gasteiger partial charge in [-0.1, -0.05) is 54.5 Å². The van der Waals surface area contributed by atoms with Crippen molar-refractivity contribution >= 4 is 17.6 Å². The molecule has 0 fully saturated rings. The molecule has 0 aliphatic carbocycles. The molecule has 1 aromatic heterocycles. The zero-order valence-corrected chi connectivity index (χ0v) is 16.9. The maximum Gasteiger partial charge on any atom is 0.254 e. The summed E-state index contributed by atoms with van der Waals surface area (Å²) in [5, 5.41) is 6.43. The monoisotopic (exact) mass is 391 g/mol. The molecule has 0 aliphatic rings. The molecule has 6 heteroatoms. The number of aryl methyl sites for hydroxylation is 1. The van der Waals surface area contributed by atoms with Gasteiger partial charge in [0.2, 0.25) is 5.91 Å². The molecule has 0 saturated carbocycles. The van der Waals surface area contributed by atoms with E-state index in [2.05, 4.69) is 10.5 Å². The highest BCUT2D eigenvalue weighted by molar-refractivity contribution is 5.99. The summed E-state index contributed by atoms with van der Waals surface area (Å²) in [6.07, 6.45) is 0.740. The van der Waals surface area contributed by atoms with E-state index in [0.29, 0.717) is 17.1 Å². The van der Waals surface area contributed by atoms with E-state index >= 15 is 0 Å². The number of carbonyl (C=O) groups is 2. The van der Waals surface area contributed by atoms with Crippen molar-refractivity contribution in [3.63, 3.8) is 0 Å². The minimum atomic E-state index is -0.312. The van der Waals surface area contributed by atoms with Gasteiger partial charge in [0.15, 0.2) is 5.82 Å². The van der Waals surface area contributed by atoms with E-state index in [1.165, 1.54) is 0 Å². The van der Waals surface area contributed by atoms with Crippen LogP contribution in [-0.2, 0) is 4.79 Å². The molecule has 3 aromatic rings. The summed E-state index contributed by atoms with van der Waals surface area (Å²) in [5.41, 5.74) is 2.68. The first-order chi connectivity index (χ1) is 14.0. The summed E-state index contributed by atoms with van der Waals surface area (Å²) >= 11 is 0. The summed E-state index contributed by atoms with van der Waals surface area (Å²) in [4.78, 5) is 27.1. The summed E-state index contributed by atoms with van der Waals surface area (Å²) < 4.78 is 4.96. The molecule has 1 heterocycles. The summed E-state index contributed by atoms with van der Waals surface area (Å²) in [6, 6.07) is 19.0. The van der Waals surface area contributed by atoms with Gasteiger partial charge in [-0.2, -0.15) is 0 Å². The highest BCUT2D eigenvalue weighted by atomic mass is 16.5. The normalized spacial score (nSPS) is 11.7. The van der Waals surface area contributed by atoms with Gasteiger partial charge in [0.25, 0.3) is 5.91 Å². The van der Waals surface area contributed by atoms with Gasteiger partial charge in [-0.3, -0.25) is 9.59 Å². The third kappa shape index (κ3) is 5.10. The number of anilines is 1. The van der Waals surface area contributed by atoms with Crippen molar-refractivity contribution in [1.82, 2.24) is 10.1 Å². The van der Waals surface area contributed by atoms with Crippen LogP contribution in [-0.4, -0.2) is 34.5 Å². The predicted molar refractivity (Wildman–Crippen MR) is 113 cm³/mol. The summed E-state index contributed by atoms with van der Waals surface area (Å²) in [5.74, 6) is 0.461. The molecule has 1 unspecified atom stereocenters. The van der Waals surface area contributed by atoms with Crippen molar-refractivity contribution in [2.24, 2.45) is 0 Å². The second-order valence-electron chi connectivity index (χ2n) is 7.00. The van der Waals surface area contributed by atoms with Gasteiger partial charge in [-0.25, -0.2) is 0 Å². The number of carbonyl (C=O) groups excluding carboxylic acids is 2. The van der Waals surface area contributed by atoms with E-state index in [9.17, 15) is 9.59 Å². The van der Waals surface area contributed by atoms with Gasteiger partial charge in [0.05, 0.1) is 0 Å². The Bertz CT molecular complexity index is 965. The predicted octanol–water partition coefficient (Wildman–Crippen LogP) is 4.53. The molecule has 2 aromatic carbocycles.